The molecule has 1 aliphatic rings. The number of carboxylic acid groups (broad SMARTS) is 1. The minimum atomic E-state index is -0.757. The summed E-state index contributed by atoms with van der Waals surface area (Å²) in [5, 5.41) is 12.0. The van der Waals surface area contributed by atoms with Gasteiger partial charge in [-0.15, -0.1) is 0 Å². The monoisotopic (exact) mass is 291 g/mol. The summed E-state index contributed by atoms with van der Waals surface area (Å²) in [4.78, 5) is 23.1. The molecule has 5 heteroatoms. The number of nitrogens with one attached hydrogen (secondary N) is 1. The van der Waals surface area contributed by atoms with Crippen LogP contribution in [-0.4, -0.2) is 30.1 Å². The summed E-state index contributed by atoms with van der Waals surface area (Å²) in [6.07, 6.45) is 2.49. The number of ether oxygens (including phenoxy) is 1. The second-order valence-corrected chi connectivity index (χ2v) is 5.30. The summed E-state index contributed by atoms with van der Waals surface area (Å²) < 4.78 is 5.33. The normalized spacial score (nSPS) is 21.0. The zero-order valence-electron chi connectivity index (χ0n) is 12.2. The Morgan fingerprint density at radius 3 is 2.62 bits per heavy atom. The maximum Gasteiger partial charge on any atom is 0.306 e. The van der Waals surface area contributed by atoms with Crippen LogP contribution in [0.1, 0.15) is 36.5 Å². The lowest BCUT2D eigenvalue weighted by molar-refractivity contribution is -0.142. The first kappa shape index (κ1) is 15.4. The third-order valence-electron chi connectivity index (χ3n) is 3.93. The molecular weight excluding hydrogens is 270 g/mol. The van der Waals surface area contributed by atoms with Crippen molar-refractivity contribution in [3.63, 3.8) is 0 Å². The van der Waals surface area contributed by atoms with Gasteiger partial charge in [-0.05, 0) is 49.9 Å². The van der Waals surface area contributed by atoms with Gasteiger partial charge in [-0.1, -0.05) is 6.42 Å². The highest BCUT2D eigenvalue weighted by molar-refractivity contribution is 5.94. The van der Waals surface area contributed by atoms with E-state index in [-0.39, 0.29) is 17.7 Å². The van der Waals surface area contributed by atoms with Gasteiger partial charge in [0.25, 0.3) is 5.91 Å². The van der Waals surface area contributed by atoms with E-state index in [2.05, 4.69) is 5.32 Å². The molecule has 2 rings (SSSR count). The Morgan fingerprint density at radius 2 is 2.00 bits per heavy atom. The Hall–Kier alpha value is -2.04. The van der Waals surface area contributed by atoms with Crippen molar-refractivity contribution in [3.8, 4) is 5.75 Å². The van der Waals surface area contributed by atoms with E-state index >= 15 is 0 Å². The molecule has 2 atom stereocenters. The number of carbonyl (C=O) groups excluding carboxylic acids is 1. The van der Waals surface area contributed by atoms with Crippen LogP contribution < -0.4 is 10.1 Å². The average molecular weight is 291 g/mol. The molecule has 1 aromatic carbocycles. The third-order valence-corrected chi connectivity index (χ3v) is 3.93. The van der Waals surface area contributed by atoms with E-state index in [0.717, 1.165) is 18.6 Å². The minimum absolute atomic E-state index is 0.0362. The smallest absolute Gasteiger partial charge is 0.306 e. The fraction of sp³-hybridized carbons (Fsp3) is 0.500. The van der Waals surface area contributed by atoms with Gasteiger partial charge in [-0.2, -0.15) is 0 Å². The van der Waals surface area contributed by atoms with Gasteiger partial charge in [-0.3, -0.25) is 9.59 Å². The molecule has 2 N–H and O–H groups in total. The van der Waals surface area contributed by atoms with Crippen LogP contribution >= 0.6 is 0 Å². The van der Waals surface area contributed by atoms with Crippen LogP contribution in [-0.2, 0) is 4.79 Å². The van der Waals surface area contributed by atoms with Crippen molar-refractivity contribution in [3.05, 3.63) is 29.8 Å². The molecule has 1 fully saturated rings. The Balaban J connectivity index is 1.88. The van der Waals surface area contributed by atoms with Crippen LogP contribution in [0.4, 0.5) is 0 Å². The number of carboxylic acids is 1. The quantitative estimate of drug-likeness (QED) is 0.843. The molecule has 0 aliphatic heterocycles. The Labute approximate surface area is 124 Å². The largest absolute Gasteiger partial charge is 0.494 e. The minimum Gasteiger partial charge on any atom is -0.494 e. The Morgan fingerprint density at radius 1 is 1.29 bits per heavy atom. The summed E-state index contributed by atoms with van der Waals surface area (Å²) in [7, 11) is 0. The maximum atomic E-state index is 12.0. The summed E-state index contributed by atoms with van der Waals surface area (Å²) in [6.45, 7) is 2.91. The first-order valence-electron chi connectivity index (χ1n) is 7.35. The Kier molecular flexibility index (Phi) is 5.20. The number of carbonyl (C=O) groups is 2. The van der Waals surface area contributed by atoms with Crippen molar-refractivity contribution >= 4 is 11.9 Å². The van der Waals surface area contributed by atoms with E-state index in [1.54, 1.807) is 24.3 Å². The molecule has 0 heterocycles. The zero-order valence-corrected chi connectivity index (χ0v) is 12.2. The molecule has 1 saturated carbocycles. The highest BCUT2D eigenvalue weighted by atomic mass is 16.5. The molecule has 0 bridgehead atoms. The summed E-state index contributed by atoms with van der Waals surface area (Å²) in [5.41, 5.74) is 0.559. The van der Waals surface area contributed by atoms with E-state index in [1.807, 2.05) is 6.92 Å². The van der Waals surface area contributed by atoms with Crippen molar-refractivity contribution in [2.45, 2.75) is 26.2 Å². The lowest BCUT2D eigenvalue weighted by Crippen LogP contribution is -2.33. The highest BCUT2D eigenvalue weighted by Crippen LogP contribution is 2.31. The van der Waals surface area contributed by atoms with Crippen molar-refractivity contribution in [1.29, 1.82) is 0 Å². The summed E-state index contributed by atoms with van der Waals surface area (Å²) >= 11 is 0. The first-order chi connectivity index (χ1) is 10.1. The van der Waals surface area contributed by atoms with Crippen LogP contribution in [0, 0.1) is 11.8 Å². The molecule has 0 spiro atoms. The van der Waals surface area contributed by atoms with Crippen LogP contribution in [0.25, 0.3) is 0 Å². The van der Waals surface area contributed by atoms with E-state index in [0.29, 0.717) is 25.1 Å². The molecule has 1 amide bonds. The molecule has 2 unspecified atom stereocenters. The molecule has 1 aromatic rings. The summed E-state index contributed by atoms with van der Waals surface area (Å²) in [6, 6.07) is 6.94. The van der Waals surface area contributed by atoms with Gasteiger partial charge in [0.15, 0.2) is 0 Å². The van der Waals surface area contributed by atoms with Crippen molar-refractivity contribution in [1.82, 2.24) is 5.32 Å². The molecule has 114 valence electrons. The Bertz CT molecular complexity index is 498. The fourth-order valence-corrected chi connectivity index (χ4v) is 2.80. The molecule has 21 heavy (non-hydrogen) atoms. The highest BCUT2D eigenvalue weighted by Gasteiger charge is 2.32. The number of hydrogen-bond donors (Lipinski definition) is 2. The lowest BCUT2D eigenvalue weighted by atomic mass is 9.96. The maximum absolute atomic E-state index is 12.0. The zero-order chi connectivity index (χ0) is 15.2. The predicted molar refractivity (Wildman–Crippen MR) is 78.4 cm³/mol. The van der Waals surface area contributed by atoms with Crippen LogP contribution in [0.5, 0.6) is 5.75 Å². The number of aliphatic carboxylic acids is 1. The lowest BCUT2D eigenvalue weighted by Gasteiger charge is -2.16. The van der Waals surface area contributed by atoms with Gasteiger partial charge >= 0.3 is 5.97 Å². The van der Waals surface area contributed by atoms with Gasteiger partial charge in [0, 0.05) is 12.1 Å². The van der Waals surface area contributed by atoms with Crippen molar-refractivity contribution in [2.75, 3.05) is 13.2 Å². The van der Waals surface area contributed by atoms with Gasteiger partial charge in [-0.25, -0.2) is 0 Å². The average Bonchev–Trinajstić information content (AvgIpc) is 2.94. The van der Waals surface area contributed by atoms with E-state index in [4.69, 9.17) is 9.84 Å². The van der Waals surface area contributed by atoms with E-state index in [9.17, 15) is 9.59 Å². The van der Waals surface area contributed by atoms with Crippen molar-refractivity contribution in [2.24, 2.45) is 11.8 Å². The number of hydrogen-bond acceptors (Lipinski definition) is 3. The summed E-state index contributed by atoms with van der Waals surface area (Å²) in [5.74, 6) is -0.488. The molecule has 1 aliphatic carbocycles. The second-order valence-electron chi connectivity index (χ2n) is 5.30. The number of rotatable bonds is 6. The van der Waals surface area contributed by atoms with Crippen LogP contribution in [0.3, 0.4) is 0 Å². The van der Waals surface area contributed by atoms with Crippen LogP contribution in [0.2, 0.25) is 0 Å². The van der Waals surface area contributed by atoms with E-state index < -0.39 is 5.97 Å². The fourth-order valence-electron chi connectivity index (χ4n) is 2.80. The van der Waals surface area contributed by atoms with Crippen molar-refractivity contribution < 1.29 is 19.4 Å². The molecule has 0 aromatic heterocycles. The molecular formula is C16H21NO4. The van der Waals surface area contributed by atoms with Gasteiger partial charge in [0.05, 0.1) is 12.5 Å². The number of benzene rings is 1. The molecule has 0 radical (unpaired) electrons. The third kappa shape index (κ3) is 3.97. The molecule has 0 saturated heterocycles. The number of amides is 1. The predicted octanol–water partition coefficient (Wildman–Crippen LogP) is 2.32. The standard InChI is InChI=1S/C16H21NO4/c1-2-21-13-8-6-11(7-9-13)15(18)17-10-12-4-3-5-14(12)16(19)20/h6-9,12,14H,2-5,10H2,1H3,(H,17,18)(H,19,20). The second kappa shape index (κ2) is 7.11. The topological polar surface area (TPSA) is 75.6 Å². The van der Waals surface area contributed by atoms with Gasteiger partial charge < -0.3 is 15.2 Å². The van der Waals surface area contributed by atoms with Crippen LogP contribution in [0.15, 0.2) is 24.3 Å². The first-order valence-corrected chi connectivity index (χ1v) is 7.35. The van der Waals surface area contributed by atoms with Gasteiger partial charge in [0.2, 0.25) is 0 Å². The molecule has 5 nitrogen and oxygen atoms in total. The van der Waals surface area contributed by atoms with E-state index in [1.165, 1.54) is 0 Å². The van der Waals surface area contributed by atoms with Gasteiger partial charge in [0.1, 0.15) is 5.75 Å². The SMILES string of the molecule is CCOc1ccc(C(=O)NCC2CCCC2C(=O)O)cc1.